The Morgan fingerprint density at radius 2 is 1.79 bits per heavy atom. The van der Waals surface area contributed by atoms with Crippen molar-refractivity contribution in [1.29, 1.82) is 0 Å². The SMILES string of the molecule is CC(N[C@@H](C)c1ccc(F)cc1)C(=O)N1CCCC1. The number of rotatable bonds is 4. The number of carbonyl (C=O) groups excluding carboxylic acids is 1. The van der Waals surface area contributed by atoms with E-state index in [0.717, 1.165) is 31.5 Å². The number of amides is 1. The zero-order chi connectivity index (χ0) is 13.8. The highest BCUT2D eigenvalue weighted by Crippen LogP contribution is 2.15. The molecule has 0 aliphatic carbocycles. The summed E-state index contributed by atoms with van der Waals surface area (Å²) in [4.78, 5) is 14.1. The van der Waals surface area contributed by atoms with E-state index < -0.39 is 0 Å². The van der Waals surface area contributed by atoms with E-state index >= 15 is 0 Å². The maximum atomic E-state index is 12.9. The van der Waals surface area contributed by atoms with E-state index in [-0.39, 0.29) is 23.8 Å². The lowest BCUT2D eigenvalue weighted by molar-refractivity contribution is -0.132. The zero-order valence-electron chi connectivity index (χ0n) is 11.5. The predicted molar refractivity (Wildman–Crippen MR) is 73.2 cm³/mol. The fourth-order valence-corrected chi connectivity index (χ4v) is 2.51. The van der Waals surface area contributed by atoms with Gasteiger partial charge >= 0.3 is 0 Å². The van der Waals surface area contributed by atoms with Crippen LogP contribution in [0.2, 0.25) is 0 Å². The molecular formula is C15H21FN2O. The van der Waals surface area contributed by atoms with Crippen LogP contribution in [0.5, 0.6) is 0 Å². The molecule has 1 fully saturated rings. The minimum absolute atomic E-state index is 0.0298. The van der Waals surface area contributed by atoms with Crippen LogP contribution >= 0.6 is 0 Å². The molecular weight excluding hydrogens is 243 g/mol. The van der Waals surface area contributed by atoms with Crippen LogP contribution in [-0.4, -0.2) is 29.9 Å². The van der Waals surface area contributed by atoms with Gasteiger partial charge in [0.15, 0.2) is 0 Å². The summed E-state index contributed by atoms with van der Waals surface area (Å²) in [6.07, 6.45) is 2.21. The number of carbonyl (C=O) groups is 1. The molecule has 1 aliphatic rings. The number of nitrogens with one attached hydrogen (secondary N) is 1. The van der Waals surface area contributed by atoms with Crippen LogP contribution in [0.3, 0.4) is 0 Å². The summed E-state index contributed by atoms with van der Waals surface area (Å²) < 4.78 is 12.9. The fraction of sp³-hybridized carbons (Fsp3) is 0.533. The van der Waals surface area contributed by atoms with Crippen molar-refractivity contribution in [3.63, 3.8) is 0 Å². The van der Waals surface area contributed by atoms with Gasteiger partial charge in [-0.15, -0.1) is 0 Å². The summed E-state index contributed by atoms with van der Waals surface area (Å²) in [5.41, 5.74) is 0.988. The highest BCUT2D eigenvalue weighted by atomic mass is 19.1. The Bertz CT molecular complexity index is 426. The molecule has 1 amide bonds. The lowest BCUT2D eigenvalue weighted by atomic mass is 10.1. The number of nitrogens with zero attached hydrogens (tertiary/aromatic N) is 1. The Labute approximate surface area is 113 Å². The molecule has 1 N–H and O–H groups in total. The van der Waals surface area contributed by atoms with Crippen molar-refractivity contribution in [2.24, 2.45) is 0 Å². The normalized spacial score (nSPS) is 18.4. The van der Waals surface area contributed by atoms with E-state index in [1.165, 1.54) is 12.1 Å². The van der Waals surface area contributed by atoms with Crippen molar-refractivity contribution in [2.45, 2.75) is 38.8 Å². The first-order valence-electron chi connectivity index (χ1n) is 6.88. The van der Waals surface area contributed by atoms with Gasteiger partial charge in [-0.3, -0.25) is 10.1 Å². The van der Waals surface area contributed by atoms with Crippen molar-refractivity contribution in [2.75, 3.05) is 13.1 Å². The molecule has 0 aromatic heterocycles. The second-order valence-corrected chi connectivity index (χ2v) is 5.19. The largest absolute Gasteiger partial charge is 0.341 e. The van der Waals surface area contributed by atoms with E-state index in [1.54, 1.807) is 12.1 Å². The van der Waals surface area contributed by atoms with Crippen LogP contribution in [0.1, 0.15) is 38.3 Å². The van der Waals surface area contributed by atoms with E-state index in [1.807, 2.05) is 18.7 Å². The summed E-state index contributed by atoms with van der Waals surface area (Å²) in [7, 11) is 0. The average Bonchev–Trinajstić information content (AvgIpc) is 2.92. The van der Waals surface area contributed by atoms with Crippen LogP contribution in [0.4, 0.5) is 4.39 Å². The first-order chi connectivity index (χ1) is 9.08. The molecule has 1 aromatic rings. The van der Waals surface area contributed by atoms with Crippen LogP contribution in [0, 0.1) is 5.82 Å². The molecule has 1 aliphatic heterocycles. The number of benzene rings is 1. The number of halogens is 1. The van der Waals surface area contributed by atoms with Crippen LogP contribution < -0.4 is 5.32 Å². The van der Waals surface area contributed by atoms with E-state index in [2.05, 4.69) is 5.32 Å². The summed E-state index contributed by atoms with van der Waals surface area (Å²) in [6.45, 7) is 5.62. The van der Waals surface area contributed by atoms with Crippen LogP contribution in [0.15, 0.2) is 24.3 Å². The molecule has 0 saturated carbocycles. The third-order valence-corrected chi connectivity index (χ3v) is 3.66. The van der Waals surface area contributed by atoms with Gasteiger partial charge in [0.05, 0.1) is 6.04 Å². The Balaban J connectivity index is 1.92. The second-order valence-electron chi connectivity index (χ2n) is 5.19. The predicted octanol–water partition coefficient (Wildman–Crippen LogP) is 2.49. The monoisotopic (exact) mass is 264 g/mol. The molecule has 0 spiro atoms. The Morgan fingerprint density at radius 3 is 2.37 bits per heavy atom. The van der Waals surface area contributed by atoms with Crippen LogP contribution in [0.25, 0.3) is 0 Å². The molecule has 2 rings (SSSR count). The third-order valence-electron chi connectivity index (χ3n) is 3.66. The molecule has 1 saturated heterocycles. The highest BCUT2D eigenvalue weighted by molar-refractivity contribution is 5.81. The third kappa shape index (κ3) is 3.53. The molecule has 19 heavy (non-hydrogen) atoms. The zero-order valence-corrected chi connectivity index (χ0v) is 11.5. The van der Waals surface area contributed by atoms with Gasteiger partial charge in [0.25, 0.3) is 0 Å². The van der Waals surface area contributed by atoms with Gasteiger partial charge < -0.3 is 4.90 Å². The molecule has 1 heterocycles. The molecule has 4 heteroatoms. The van der Waals surface area contributed by atoms with Crippen molar-refractivity contribution < 1.29 is 9.18 Å². The fourth-order valence-electron chi connectivity index (χ4n) is 2.51. The smallest absolute Gasteiger partial charge is 0.239 e. The van der Waals surface area contributed by atoms with Gasteiger partial charge in [0.1, 0.15) is 5.82 Å². The maximum absolute atomic E-state index is 12.9. The van der Waals surface area contributed by atoms with Gasteiger partial charge in [-0.05, 0) is 44.4 Å². The van der Waals surface area contributed by atoms with Crippen molar-refractivity contribution >= 4 is 5.91 Å². The van der Waals surface area contributed by atoms with Crippen LogP contribution in [-0.2, 0) is 4.79 Å². The summed E-state index contributed by atoms with van der Waals surface area (Å²) >= 11 is 0. The quantitative estimate of drug-likeness (QED) is 0.906. The van der Waals surface area contributed by atoms with E-state index in [0.29, 0.717) is 0 Å². The lowest BCUT2D eigenvalue weighted by Gasteiger charge is -2.24. The summed E-state index contributed by atoms with van der Waals surface area (Å²) in [5.74, 6) is -0.0800. The molecule has 0 bridgehead atoms. The number of hydrogen-bond donors (Lipinski definition) is 1. The van der Waals surface area contributed by atoms with Gasteiger partial charge in [-0.25, -0.2) is 4.39 Å². The first kappa shape index (κ1) is 14.0. The Morgan fingerprint density at radius 1 is 1.21 bits per heavy atom. The summed E-state index contributed by atoms with van der Waals surface area (Å²) in [6, 6.07) is 6.21. The maximum Gasteiger partial charge on any atom is 0.239 e. The standard InChI is InChI=1S/C15H21FN2O/c1-11(13-5-7-14(16)8-6-13)17-12(2)15(19)18-9-3-4-10-18/h5-8,11-12,17H,3-4,9-10H2,1-2H3/t11-,12?/m0/s1. The van der Waals surface area contributed by atoms with Crippen molar-refractivity contribution in [1.82, 2.24) is 10.2 Å². The van der Waals surface area contributed by atoms with Gasteiger partial charge in [-0.1, -0.05) is 12.1 Å². The lowest BCUT2D eigenvalue weighted by Crippen LogP contribution is -2.44. The highest BCUT2D eigenvalue weighted by Gasteiger charge is 2.24. The Hall–Kier alpha value is -1.42. The van der Waals surface area contributed by atoms with Gasteiger partial charge in [-0.2, -0.15) is 0 Å². The topological polar surface area (TPSA) is 32.3 Å². The van der Waals surface area contributed by atoms with Gasteiger partial charge in [0, 0.05) is 19.1 Å². The molecule has 104 valence electrons. The molecule has 1 unspecified atom stereocenters. The molecule has 2 atom stereocenters. The molecule has 1 aromatic carbocycles. The minimum Gasteiger partial charge on any atom is -0.341 e. The van der Waals surface area contributed by atoms with Crippen molar-refractivity contribution in [3.05, 3.63) is 35.6 Å². The molecule has 3 nitrogen and oxygen atoms in total. The van der Waals surface area contributed by atoms with E-state index in [4.69, 9.17) is 0 Å². The summed E-state index contributed by atoms with van der Waals surface area (Å²) in [5, 5.41) is 3.28. The first-order valence-corrected chi connectivity index (χ1v) is 6.88. The second kappa shape index (κ2) is 6.15. The average molecular weight is 264 g/mol. The minimum atomic E-state index is -0.239. The number of hydrogen-bond acceptors (Lipinski definition) is 2. The Kier molecular flexibility index (Phi) is 4.53. The van der Waals surface area contributed by atoms with Crippen molar-refractivity contribution in [3.8, 4) is 0 Å². The van der Waals surface area contributed by atoms with E-state index in [9.17, 15) is 9.18 Å². The van der Waals surface area contributed by atoms with Gasteiger partial charge in [0.2, 0.25) is 5.91 Å². The number of likely N-dealkylation sites (tertiary alicyclic amines) is 1. The molecule has 0 radical (unpaired) electrons.